The molecule has 0 spiro atoms. The second-order valence-electron chi connectivity index (χ2n) is 9.41. The second kappa shape index (κ2) is 11.8. The summed E-state index contributed by atoms with van der Waals surface area (Å²) in [4.78, 5) is 29.7. The first-order valence-electron chi connectivity index (χ1n) is 12.4. The number of anilines is 4. The molecule has 0 bridgehead atoms. The maximum atomic E-state index is 14.2. The number of hydrogen-bond donors (Lipinski definition) is 4. The van der Waals surface area contributed by atoms with Crippen molar-refractivity contribution < 1.29 is 14.0 Å². The number of nitrogens with zero attached hydrogens (tertiary/aromatic N) is 2. The van der Waals surface area contributed by atoms with Crippen LogP contribution in [-0.4, -0.2) is 56.5 Å². The highest BCUT2D eigenvalue weighted by atomic mass is 35.5. The summed E-state index contributed by atoms with van der Waals surface area (Å²) in [5, 5.41) is 5.83. The van der Waals surface area contributed by atoms with Crippen molar-refractivity contribution in [3.63, 3.8) is 0 Å². The Bertz CT molecular complexity index is 1340. The van der Waals surface area contributed by atoms with Gasteiger partial charge in [-0.1, -0.05) is 29.8 Å². The number of piperazine rings is 1. The zero-order chi connectivity index (χ0) is 27.4. The zero-order valence-electron chi connectivity index (χ0n) is 21.5. The van der Waals surface area contributed by atoms with Gasteiger partial charge in [-0.05, 0) is 55.4 Å². The molecule has 3 aromatic rings. The van der Waals surface area contributed by atoms with Crippen LogP contribution in [0.2, 0.25) is 5.02 Å². The number of amides is 2. The van der Waals surface area contributed by atoms with Crippen molar-refractivity contribution in [3.05, 3.63) is 70.5 Å². The van der Waals surface area contributed by atoms with E-state index < -0.39 is 11.7 Å². The Morgan fingerprint density at radius 1 is 1.00 bits per heavy atom. The molecule has 2 amide bonds. The first-order chi connectivity index (χ1) is 18.2. The van der Waals surface area contributed by atoms with E-state index >= 15 is 0 Å². The van der Waals surface area contributed by atoms with E-state index in [2.05, 4.69) is 27.5 Å². The van der Waals surface area contributed by atoms with E-state index in [4.69, 9.17) is 23.1 Å². The molecule has 8 nitrogen and oxygen atoms in total. The summed E-state index contributed by atoms with van der Waals surface area (Å²) >= 11 is 6.32. The quantitative estimate of drug-likeness (QED) is 0.333. The van der Waals surface area contributed by atoms with E-state index in [1.807, 2.05) is 42.5 Å². The number of carbonyl (C=O) groups excluding carboxylic acids is 2. The molecule has 0 atom stereocenters. The van der Waals surface area contributed by atoms with Gasteiger partial charge in [-0.15, -0.1) is 0 Å². The van der Waals surface area contributed by atoms with Crippen molar-refractivity contribution in [2.75, 3.05) is 61.0 Å². The molecule has 200 valence electrons. The van der Waals surface area contributed by atoms with Gasteiger partial charge < -0.3 is 31.9 Å². The Morgan fingerprint density at radius 3 is 2.32 bits per heavy atom. The van der Waals surface area contributed by atoms with Gasteiger partial charge in [0.05, 0.1) is 27.6 Å². The number of rotatable bonds is 7. The van der Waals surface area contributed by atoms with Crippen molar-refractivity contribution in [3.8, 4) is 11.1 Å². The lowest BCUT2D eigenvalue weighted by Gasteiger charge is -2.35. The van der Waals surface area contributed by atoms with E-state index in [1.165, 1.54) is 13.0 Å². The highest BCUT2D eigenvalue weighted by Crippen LogP contribution is 2.34. The Hall–Kier alpha value is -3.66. The molecule has 1 fully saturated rings. The predicted molar refractivity (Wildman–Crippen MR) is 152 cm³/mol. The van der Waals surface area contributed by atoms with Crippen molar-refractivity contribution in [2.24, 2.45) is 5.73 Å². The number of nitrogens with one attached hydrogen (secondary N) is 2. The smallest absolute Gasteiger partial charge is 0.257 e. The molecule has 1 heterocycles. The van der Waals surface area contributed by atoms with Gasteiger partial charge in [0.25, 0.3) is 5.91 Å². The van der Waals surface area contributed by atoms with Crippen molar-refractivity contribution in [1.29, 1.82) is 0 Å². The van der Waals surface area contributed by atoms with Gasteiger partial charge in [0.2, 0.25) is 5.91 Å². The lowest BCUT2D eigenvalue weighted by atomic mass is 10.0. The lowest BCUT2D eigenvalue weighted by Crippen LogP contribution is -2.44. The highest BCUT2D eigenvalue weighted by molar-refractivity contribution is 6.35. The lowest BCUT2D eigenvalue weighted by molar-refractivity contribution is -0.116. The number of nitrogen functional groups attached to an aromatic ring is 1. The van der Waals surface area contributed by atoms with Crippen LogP contribution in [0.3, 0.4) is 0 Å². The Labute approximate surface area is 226 Å². The summed E-state index contributed by atoms with van der Waals surface area (Å²) in [7, 11) is 2.08. The molecule has 1 saturated heterocycles. The number of hydrogen-bond acceptors (Lipinski definition) is 6. The summed E-state index contributed by atoms with van der Waals surface area (Å²) in [6.07, 6.45) is 0.252. The van der Waals surface area contributed by atoms with Crippen molar-refractivity contribution >= 4 is 46.2 Å². The summed E-state index contributed by atoms with van der Waals surface area (Å²) in [6.45, 7) is 5.17. The van der Waals surface area contributed by atoms with Gasteiger partial charge >= 0.3 is 0 Å². The van der Waals surface area contributed by atoms with Gasteiger partial charge in [0, 0.05) is 50.4 Å². The first-order valence-corrected chi connectivity index (χ1v) is 12.8. The molecule has 6 N–H and O–H groups in total. The molecule has 1 aliphatic heterocycles. The van der Waals surface area contributed by atoms with Gasteiger partial charge in [0.15, 0.2) is 5.82 Å². The molecule has 0 radical (unpaired) electrons. The van der Waals surface area contributed by atoms with Crippen LogP contribution in [0.5, 0.6) is 0 Å². The second-order valence-corrected chi connectivity index (χ2v) is 9.78. The molecule has 0 saturated carbocycles. The fraction of sp³-hybridized carbons (Fsp3) is 0.286. The van der Waals surface area contributed by atoms with Gasteiger partial charge in [-0.25, -0.2) is 4.39 Å². The molecule has 10 heteroatoms. The number of nitrogens with two attached hydrogens (primary N) is 2. The van der Waals surface area contributed by atoms with E-state index in [0.717, 1.165) is 43.0 Å². The maximum Gasteiger partial charge on any atom is 0.257 e. The number of likely N-dealkylation sites (N-methyl/N-ethyl adjacent to an activating group) is 1. The monoisotopic (exact) mass is 538 g/mol. The normalized spacial score (nSPS) is 13.9. The van der Waals surface area contributed by atoms with Crippen LogP contribution in [0.1, 0.15) is 22.3 Å². The largest absolute Gasteiger partial charge is 0.396 e. The number of benzene rings is 3. The minimum Gasteiger partial charge on any atom is -0.396 e. The van der Waals surface area contributed by atoms with Gasteiger partial charge in [-0.2, -0.15) is 0 Å². The van der Waals surface area contributed by atoms with Crippen molar-refractivity contribution in [2.45, 2.75) is 13.3 Å². The van der Waals surface area contributed by atoms with Crippen LogP contribution in [0.25, 0.3) is 11.1 Å². The molecule has 4 rings (SSSR count). The minimum absolute atomic E-state index is 0.0266. The van der Waals surface area contributed by atoms with Crippen LogP contribution in [0.4, 0.5) is 27.1 Å². The molecule has 0 aliphatic carbocycles. The summed E-state index contributed by atoms with van der Waals surface area (Å²) in [6, 6.07) is 14.6. The third-order valence-electron chi connectivity index (χ3n) is 6.65. The average Bonchev–Trinajstić information content (AvgIpc) is 2.90. The van der Waals surface area contributed by atoms with Crippen LogP contribution >= 0.6 is 11.6 Å². The van der Waals surface area contributed by atoms with Crippen LogP contribution in [-0.2, 0) is 4.79 Å². The van der Waals surface area contributed by atoms with E-state index in [9.17, 15) is 14.0 Å². The van der Waals surface area contributed by atoms with E-state index in [-0.39, 0.29) is 40.7 Å². The fourth-order valence-corrected chi connectivity index (χ4v) is 4.61. The topological polar surface area (TPSA) is 117 Å². The molecule has 0 aromatic heterocycles. The summed E-state index contributed by atoms with van der Waals surface area (Å²) in [5.74, 6) is -1.25. The van der Waals surface area contributed by atoms with Gasteiger partial charge in [0.1, 0.15) is 0 Å². The Morgan fingerprint density at radius 2 is 1.66 bits per heavy atom. The third-order valence-corrected chi connectivity index (χ3v) is 7.14. The number of halogens is 2. The summed E-state index contributed by atoms with van der Waals surface area (Å²) in [5.41, 5.74) is 15.3. The molecule has 38 heavy (non-hydrogen) atoms. The Kier molecular flexibility index (Phi) is 8.51. The van der Waals surface area contributed by atoms with Crippen LogP contribution in [0, 0.1) is 12.7 Å². The maximum absolute atomic E-state index is 14.2. The molecule has 3 aromatic carbocycles. The predicted octanol–water partition coefficient (Wildman–Crippen LogP) is 4.33. The van der Waals surface area contributed by atoms with Gasteiger partial charge in [-0.3, -0.25) is 9.59 Å². The minimum atomic E-state index is -0.630. The number of carbonyl (C=O) groups is 2. The van der Waals surface area contributed by atoms with E-state index in [0.29, 0.717) is 11.4 Å². The SMILES string of the molecule is Cc1c(F)c(N)cc(C(=O)Nc2cc(-c3ccc(NC(=O)CCN)cc3)ccc2N2CCN(C)CC2)c1Cl. The molecular formula is C28H32ClFN6O2. The summed E-state index contributed by atoms with van der Waals surface area (Å²) < 4.78 is 14.2. The third kappa shape index (κ3) is 6.07. The zero-order valence-corrected chi connectivity index (χ0v) is 22.2. The van der Waals surface area contributed by atoms with Crippen LogP contribution < -0.4 is 27.0 Å². The Balaban J connectivity index is 1.66. The standard InChI is InChI=1S/C28H32ClFN6O2/c1-17-26(29)21(16-22(32)27(17)30)28(38)34-23-15-19(5-8-24(23)36-13-11-35(2)12-14-36)18-3-6-20(7-4-18)33-25(37)9-10-31/h3-8,15-16H,9-14,31-32H2,1-2H3,(H,33,37)(H,34,38). The first kappa shape index (κ1) is 27.4. The highest BCUT2D eigenvalue weighted by Gasteiger charge is 2.22. The average molecular weight is 539 g/mol. The van der Waals surface area contributed by atoms with Crippen molar-refractivity contribution in [1.82, 2.24) is 4.90 Å². The molecule has 1 aliphatic rings. The molecule has 0 unspecified atom stereocenters. The van der Waals surface area contributed by atoms with Crippen LogP contribution in [0.15, 0.2) is 48.5 Å². The molecular weight excluding hydrogens is 507 g/mol. The fourth-order valence-electron chi connectivity index (χ4n) is 4.39. The van der Waals surface area contributed by atoms with E-state index in [1.54, 1.807) is 0 Å².